The molecule has 0 aromatic carbocycles. The van der Waals surface area contributed by atoms with Crippen molar-refractivity contribution in [2.75, 3.05) is 0 Å². The fourth-order valence-electron chi connectivity index (χ4n) is 1.55. The lowest BCUT2D eigenvalue weighted by Gasteiger charge is -2.05. The molecule has 0 N–H and O–H groups in total. The molecule has 3 rings (SSSR count). The quantitative estimate of drug-likeness (QED) is 0.793. The normalized spacial score (nSPS) is 14.9. The Morgan fingerprint density at radius 1 is 1.41 bits per heavy atom. The first kappa shape index (κ1) is 11.0. The Morgan fingerprint density at radius 2 is 2.29 bits per heavy atom. The summed E-state index contributed by atoms with van der Waals surface area (Å²) >= 11 is 7.62. The molecule has 0 bridgehead atoms. The van der Waals surface area contributed by atoms with Crippen molar-refractivity contribution in [1.82, 2.24) is 9.97 Å². The number of ether oxygens (including phenoxy) is 1. The SMILES string of the molecule is Clc1cc(OCc2cccs2)nc(C2CC2)n1. The van der Waals surface area contributed by atoms with Crippen LogP contribution in [0.25, 0.3) is 0 Å². The van der Waals surface area contributed by atoms with Gasteiger partial charge in [-0.05, 0) is 24.3 Å². The van der Waals surface area contributed by atoms with Crippen LogP contribution in [0.4, 0.5) is 0 Å². The largest absolute Gasteiger partial charge is 0.472 e. The van der Waals surface area contributed by atoms with Crippen LogP contribution in [0, 0.1) is 0 Å². The van der Waals surface area contributed by atoms with E-state index in [1.165, 1.54) is 4.88 Å². The number of aromatic nitrogens is 2. The van der Waals surface area contributed by atoms with E-state index < -0.39 is 0 Å². The van der Waals surface area contributed by atoms with E-state index in [4.69, 9.17) is 16.3 Å². The fourth-order valence-corrected chi connectivity index (χ4v) is 2.35. The Labute approximate surface area is 108 Å². The minimum Gasteiger partial charge on any atom is -0.472 e. The maximum atomic E-state index is 5.95. The number of hydrogen-bond acceptors (Lipinski definition) is 4. The summed E-state index contributed by atoms with van der Waals surface area (Å²) in [5.41, 5.74) is 0. The highest BCUT2D eigenvalue weighted by molar-refractivity contribution is 7.09. The van der Waals surface area contributed by atoms with Crippen molar-refractivity contribution >= 4 is 22.9 Å². The molecule has 2 aromatic heterocycles. The third-order valence-corrected chi connectivity index (χ3v) is 3.62. The zero-order valence-corrected chi connectivity index (χ0v) is 10.7. The van der Waals surface area contributed by atoms with E-state index in [1.807, 2.05) is 17.5 Å². The molecule has 5 heteroatoms. The van der Waals surface area contributed by atoms with Gasteiger partial charge in [-0.15, -0.1) is 11.3 Å². The molecule has 3 nitrogen and oxygen atoms in total. The Morgan fingerprint density at radius 3 is 3.00 bits per heavy atom. The van der Waals surface area contributed by atoms with Crippen molar-refractivity contribution < 1.29 is 4.74 Å². The van der Waals surface area contributed by atoms with Gasteiger partial charge in [0.1, 0.15) is 17.6 Å². The van der Waals surface area contributed by atoms with Crippen molar-refractivity contribution in [3.05, 3.63) is 39.4 Å². The summed E-state index contributed by atoms with van der Waals surface area (Å²) in [6.07, 6.45) is 2.31. The van der Waals surface area contributed by atoms with Crippen LogP contribution in [0.5, 0.6) is 5.88 Å². The van der Waals surface area contributed by atoms with Gasteiger partial charge in [0.2, 0.25) is 5.88 Å². The van der Waals surface area contributed by atoms with Crippen LogP contribution in [0.15, 0.2) is 23.6 Å². The first-order valence-electron chi connectivity index (χ1n) is 5.51. The molecule has 0 amide bonds. The molecule has 2 heterocycles. The molecule has 0 atom stereocenters. The highest BCUT2D eigenvalue weighted by Crippen LogP contribution is 2.39. The number of halogens is 1. The molecule has 0 radical (unpaired) electrons. The minimum absolute atomic E-state index is 0.461. The molecule has 1 saturated carbocycles. The molecule has 0 unspecified atom stereocenters. The van der Waals surface area contributed by atoms with Crippen LogP contribution in [-0.4, -0.2) is 9.97 Å². The van der Waals surface area contributed by atoms with Gasteiger partial charge >= 0.3 is 0 Å². The van der Waals surface area contributed by atoms with Gasteiger partial charge in [0.15, 0.2) is 0 Å². The first-order valence-corrected chi connectivity index (χ1v) is 6.77. The number of nitrogens with zero attached hydrogens (tertiary/aromatic N) is 2. The Kier molecular flexibility index (Phi) is 2.99. The van der Waals surface area contributed by atoms with Gasteiger partial charge in [-0.25, -0.2) is 4.98 Å². The average Bonchev–Trinajstić information content (AvgIpc) is 3.04. The summed E-state index contributed by atoms with van der Waals surface area (Å²) in [6.45, 7) is 0.537. The number of thiophene rings is 1. The molecule has 88 valence electrons. The summed E-state index contributed by atoms with van der Waals surface area (Å²) in [7, 11) is 0. The van der Waals surface area contributed by atoms with E-state index >= 15 is 0 Å². The van der Waals surface area contributed by atoms with Gasteiger partial charge in [-0.2, -0.15) is 4.98 Å². The second kappa shape index (κ2) is 4.63. The molecule has 2 aromatic rings. The van der Waals surface area contributed by atoms with E-state index in [1.54, 1.807) is 17.4 Å². The van der Waals surface area contributed by atoms with E-state index in [9.17, 15) is 0 Å². The molecule has 0 spiro atoms. The third kappa shape index (κ3) is 2.76. The van der Waals surface area contributed by atoms with Crippen molar-refractivity contribution in [2.45, 2.75) is 25.4 Å². The molecule has 1 aliphatic rings. The summed E-state index contributed by atoms with van der Waals surface area (Å²) in [4.78, 5) is 9.77. The monoisotopic (exact) mass is 266 g/mol. The highest BCUT2D eigenvalue weighted by Gasteiger charge is 2.27. The smallest absolute Gasteiger partial charge is 0.218 e. The van der Waals surface area contributed by atoms with Crippen molar-refractivity contribution in [1.29, 1.82) is 0 Å². The molecule has 1 aliphatic carbocycles. The Hall–Kier alpha value is -1.13. The lowest BCUT2D eigenvalue weighted by Crippen LogP contribution is -1.99. The van der Waals surface area contributed by atoms with Crippen LogP contribution in [0.2, 0.25) is 5.15 Å². The fraction of sp³-hybridized carbons (Fsp3) is 0.333. The Balaban J connectivity index is 1.73. The maximum Gasteiger partial charge on any atom is 0.218 e. The third-order valence-electron chi connectivity index (χ3n) is 2.57. The zero-order valence-electron chi connectivity index (χ0n) is 9.10. The van der Waals surface area contributed by atoms with Gasteiger partial charge < -0.3 is 4.74 Å². The van der Waals surface area contributed by atoms with Gasteiger partial charge in [0.25, 0.3) is 0 Å². The lowest BCUT2D eigenvalue weighted by molar-refractivity contribution is 0.295. The second-order valence-corrected chi connectivity index (χ2v) is 5.45. The van der Waals surface area contributed by atoms with Gasteiger partial charge in [-0.3, -0.25) is 0 Å². The van der Waals surface area contributed by atoms with Gasteiger partial charge in [0, 0.05) is 16.9 Å². The van der Waals surface area contributed by atoms with Gasteiger partial charge in [0.05, 0.1) is 0 Å². The molecule has 17 heavy (non-hydrogen) atoms. The van der Waals surface area contributed by atoms with Crippen LogP contribution >= 0.6 is 22.9 Å². The van der Waals surface area contributed by atoms with Crippen molar-refractivity contribution in [3.8, 4) is 5.88 Å². The maximum absolute atomic E-state index is 5.95. The van der Waals surface area contributed by atoms with Crippen LogP contribution in [0.3, 0.4) is 0 Å². The molecule has 0 saturated heterocycles. The predicted octanol–water partition coefficient (Wildman–Crippen LogP) is 3.65. The zero-order chi connectivity index (χ0) is 11.7. The molecular formula is C12H11ClN2OS. The van der Waals surface area contributed by atoms with E-state index in [0.717, 1.165) is 18.7 Å². The summed E-state index contributed by atoms with van der Waals surface area (Å²) in [5.74, 6) is 1.87. The van der Waals surface area contributed by atoms with Crippen LogP contribution in [-0.2, 0) is 6.61 Å². The topological polar surface area (TPSA) is 35.0 Å². The van der Waals surface area contributed by atoms with E-state index in [0.29, 0.717) is 23.6 Å². The van der Waals surface area contributed by atoms with Crippen molar-refractivity contribution in [2.24, 2.45) is 0 Å². The number of hydrogen-bond donors (Lipinski definition) is 0. The minimum atomic E-state index is 0.461. The summed E-state index contributed by atoms with van der Waals surface area (Å²) in [6, 6.07) is 5.71. The van der Waals surface area contributed by atoms with Gasteiger partial charge in [-0.1, -0.05) is 17.7 Å². The summed E-state index contributed by atoms with van der Waals surface area (Å²) in [5, 5.41) is 2.49. The van der Waals surface area contributed by atoms with Crippen molar-refractivity contribution in [3.63, 3.8) is 0 Å². The average molecular weight is 267 g/mol. The van der Waals surface area contributed by atoms with E-state index in [2.05, 4.69) is 9.97 Å². The lowest BCUT2D eigenvalue weighted by atomic mass is 10.4. The highest BCUT2D eigenvalue weighted by atomic mass is 35.5. The second-order valence-electron chi connectivity index (χ2n) is 4.03. The molecule has 1 fully saturated rings. The molecular weight excluding hydrogens is 256 g/mol. The molecule has 0 aliphatic heterocycles. The van der Waals surface area contributed by atoms with Crippen LogP contribution in [0.1, 0.15) is 29.5 Å². The standard InChI is InChI=1S/C12H11ClN2OS/c13-10-6-11(15-12(14-10)8-3-4-8)16-7-9-2-1-5-17-9/h1-2,5-6,8H,3-4,7H2. The summed E-state index contributed by atoms with van der Waals surface area (Å²) < 4.78 is 5.62. The van der Waals surface area contributed by atoms with E-state index in [-0.39, 0.29) is 0 Å². The predicted molar refractivity (Wildman–Crippen MR) is 67.7 cm³/mol. The first-order chi connectivity index (χ1) is 8.31. The van der Waals surface area contributed by atoms with Crippen LogP contribution < -0.4 is 4.74 Å². The number of rotatable bonds is 4. The Bertz CT molecular complexity index is 511.